The molecule has 0 aliphatic carbocycles. The molecule has 0 bridgehead atoms. The molecule has 1 aliphatic heterocycles. The fraction of sp³-hybridized carbons (Fsp3) is 0.750. The Kier molecular flexibility index (Phi) is 2.63. The third kappa shape index (κ3) is 2.03. The van der Waals surface area contributed by atoms with Gasteiger partial charge in [-0.25, -0.2) is 0 Å². The van der Waals surface area contributed by atoms with Gasteiger partial charge in [-0.3, -0.25) is 4.79 Å². The minimum atomic E-state index is -0.0166. The zero-order valence-corrected chi connectivity index (χ0v) is 6.75. The molecule has 1 rings (SSSR count). The largest absolute Gasteiger partial charge is 0.342 e. The van der Waals surface area contributed by atoms with Crippen molar-refractivity contribution in [3.8, 4) is 0 Å². The summed E-state index contributed by atoms with van der Waals surface area (Å²) in [5, 5.41) is 0. The van der Waals surface area contributed by atoms with Crippen molar-refractivity contribution in [3.63, 3.8) is 0 Å². The Bertz CT molecular complexity index is 167. The minimum Gasteiger partial charge on any atom is -0.342 e. The van der Waals surface area contributed by atoms with Crippen LogP contribution in [0.4, 0.5) is 0 Å². The molecule has 1 fully saturated rings. The van der Waals surface area contributed by atoms with Gasteiger partial charge >= 0.3 is 0 Å². The van der Waals surface area contributed by atoms with Crippen LogP contribution in [0.1, 0.15) is 19.8 Å². The van der Waals surface area contributed by atoms with Crippen LogP contribution in [0.3, 0.4) is 0 Å². The van der Waals surface area contributed by atoms with E-state index in [9.17, 15) is 9.59 Å². The SMILES string of the molecule is CC(C=O)CN1CCCC1=O. The zero-order valence-electron chi connectivity index (χ0n) is 6.75. The number of aldehydes is 1. The van der Waals surface area contributed by atoms with E-state index < -0.39 is 0 Å². The van der Waals surface area contributed by atoms with Gasteiger partial charge in [0.15, 0.2) is 0 Å². The van der Waals surface area contributed by atoms with E-state index in [0.717, 1.165) is 19.3 Å². The standard InChI is InChI=1S/C8H13NO2/c1-7(6-10)5-9-4-2-3-8(9)11/h6-7H,2-5H2,1H3. The average molecular weight is 155 g/mol. The van der Waals surface area contributed by atoms with E-state index in [2.05, 4.69) is 0 Å². The Balaban J connectivity index is 2.36. The minimum absolute atomic E-state index is 0.0166. The summed E-state index contributed by atoms with van der Waals surface area (Å²) in [5.74, 6) is 0.177. The molecule has 3 heteroatoms. The second kappa shape index (κ2) is 3.51. The first kappa shape index (κ1) is 8.24. The summed E-state index contributed by atoms with van der Waals surface area (Å²) in [5.41, 5.74) is 0. The highest BCUT2D eigenvalue weighted by atomic mass is 16.2. The number of nitrogens with zero attached hydrogens (tertiary/aromatic N) is 1. The Morgan fingerprint density at radius 2 is 2.45 bits per heavy atom. The molecule has 0 aromatic heterocycles. The Morgan fingerprint density at radius 1 is 1.73 bits per heavy atom. The summed E-state index contributed by atoms with van der Waals surface area (Å²) in [7, 11) is 0. The Morgan fingerprint density at radius 3 is 2.91 bits per heavy atom. The molecule has 0 aromatic carbocycles. The van der Waals surface area contributed by atoms with E-state index >= 15 is 0 Å². The number of carbonyl (C=O) groups is 2. The van der Waals surface area contributed by atoms with E-state index in [1.807, 2.05) is 6.92 Å². The molecule has 1 unspecified atom stereocenters. The van der Waals surface area contributed by atoms with Crippen molar-refractivity contribution < 1.29 is 9.59 Å². The smallest absolute Gasteiger partial charge is 0.222 e. The number of hydrogen-bond donors (Lipinski definition) is 0. The molecule has 11 heavy (non-hydrogen) atoms. The maximum absolute atomic E-state index is 11.0. The monoisotopic (exact) mass is 155 g/mol. The topological polar surface area (TPSA) is 37.4 Å². The summed E-state index contributed by atoms with van der Waals surface area (Å²) in [4.78, 5) is 23.1. The van der Waals surface area contributed by atoms with Gasteiger partial charge in [0, 0.05) is 25.4 Å². The van der Waals surface area contributed by atoms with Gasteiger partial charge in [0.25, 0.3) is 0 Å². The van der Waals surface area contributed by atoms with Crippen molar-refractivity contribution in [2.24, 2.45) is 5.92 Å². The van der Waals surface area contributed by atoms with Crippen LogP contribution in [0.5, 0.6) is 0 Å². The maximum Gasteiger partial charge on any atom is 0.222 e. The van der Waals surface area contributed by atoms with E-state index in [-0.39, 0.29) is 11.8 Å². The van der Waals surface area contributed by atoms with E-state index in [4.69, 9.17) is 0 Å². The van der Waals surface area contributed by atoms with Crippen molar-refractivity contribution in [2.75, 3.05) is 13.1 Å². The molecule has 62 valence electrons. The van der Waals surface area contributed by atoms with Crippen LogP contribution < -0.4 is 0 Å². The summed E-state index contributed by atoms with van der Waals surface area (Å²) >= 11 is 0. The van der Waals surface area contributed by atoms with Crippen molar-refractivity contribution in [2.45, 2.75) is 19.8 Å². The fourth-order valence-electron chi connectivity index (χ4n) is 1.29. The van der Waals surface area contributed by atoms with Crippen molar-refractivity contribution in [1.29, 1.82) is 0 Å². The molecular weight excluding hydrogens is 142 g/mol. The molecule has 0 saturated carbocycles. The van der Waals surface area contributed by atoms with Crippen LogP contribution >= 0.6 is 0 Å². The first-order chi connectivity index (χ1) is 5.24. The highest BCUT2D eigenvalue weighted by Crippen LogP contribution is 2.10. The fourth-order valence-corrected chi connectivity index (χ4v) is 1.29. The number of rotatable bonds is 3. The number of amides is 1. The van der Waals surface area contributed by atoms with Gasteiger partial charge in [-0.05, 0) is 6.42 Å². The summed E-state index contributed by atoms with van der Waals surface area (Å²) in [6.07, 6.45) is 2.50. The third-order valence-electron chi connectivity index (χ3n) is 1.91. The Hall–Kier alpha value is -0.860. The highest BCUT2D eigenvalue weighted by Gasteiger charge is 2.21. The summed E-state index contributed by atoms with van der Waals surface area (Å²) in [6.45, 7) is 3.26. The molecule has 1 heterocycles. The molecule has 1 atom stereocenters. The lowest BCUT2D eigenvalue weighted by Gasteiger charge is -2.16. The third-order valence-corrected chi connectivity index (χ3v) is 1.91. The summed E-state index contributed by atoms with van der Waals surface area (Å²) < 4.78 is 0. The van der Waals surface area contributed by atoms with Gasteiger partial charge in [0.05, 0.1) is 0 Å². The lowest BCUT2D eigenvalue weighted by Crippen LogP contribution is -2.29. The average Bonchev–Trinajstić information content (AvgIpc) is 2.37. The molecular formula is C8H13NO2. The van der Waals surface area contributed by atoms with Crippen molar-refractivity contribution in [1.82, 2.24) is 4.90 Å². The van der Waals surface area contributed by atoms with Gasteiger partial charge in [-0.15, -0.1) is 0 Å². The van der Waals surface area contributed by atoms with Crippen LogP contribution in [0.15, 0.2) is 0 Å². The van der Waals surface area contributed by atoms with Crippen molar-refractivity contribution >= 4 is 12.2 Å². The molecule has 0 aromatic rings. The molecule has 1 aliphatic rings. The number of hydrogen-bond acceptors (Lipinski definition) is 2. The second-order valence-electron chi connectivity index (χ2n) is 3.06. The van der Waals surface area contributed by atoms with E-state index in [0.29, 0.717) is 13.0 Å². The van der Waals surface area contributed by atoms with E-state index in [1.165, 1.54) is 0 Å². The molecule has 1 saturated heterocycles. The Labute approximate surface area is 66.4 Å². The second-order valence-corrected chi connectivity index (χ2v) is 3.06. The van der Waals surface area contributed by atoms with Crippen LogP contribution in [0.25, 0.3) is 0 Å². The number of carbonyl (C=O) groups excluding carboxylic acids is 2. The van der Waals surface area contributed by atoms with Gasteiger partial charge in [0.2, 0.25) is 5.91 Å². The quantitative estimate of drug-likeness (QED) is 0.555. The van der Waals surface area contributed by atoms with Gasteiger partial charge < -0.3 is 9.69 Å². The van der Waals surface area contributed by atoms with Crippen molar-refractivity contribution in [3.05, 3.63) is 0 Å². The van der Waals surface area contributed by atoms with Crippen LogP contribution in [-0.2, 0) is 9.59 Å². The van der Waals surface area contributed by atoms with Crippen LogP contribution in [-0.4, -0.2) is 30.2 Å². The number of likely N-dealkylation sites (tertiary alicyclic amines) is 1. The van der Waals surface area contributed by atoms with Gasteiger partial charge in [-0.2, -0.15) is 0 Å². The summed E-state index contributed by atoms with van der Waals surface area (Å²) in [6, 6.07) is 0. The van der Waals surface area contributed by atoms with Gasteiger partial charge in [0.1, 0.15) is 6.29 Å². The highest BCUT2D eigenvalue weighted by molar-refractivity contribution is 5.78. The lowest BCUT2D eigenvalue weighted by atomic mass is 10.2. The first-order valence-electron chi connectivity index (χ1n) is 3.97. The molecule has 0 N–H and O–H groups in total. The molecule has 0 radical (unpaired) electrons. The van der Waals surface area contributed by atoms with Crippen LogP contribution in [0, 0.1) is 5.92 Å². The van der Waals surface area contributed by atoms with Crippen LogP contribution in [0.2, 0.25) is 0 Å². The normalized spacial score (nSPS) is 20.5. The predicted octanol–water partition coefficient (Wildman–Crippen LogP) is 0.444. The van der Waals surface area contributed by atoms with Gasteiger partial charge in [-0.1, -0.05) is 6.92 Å². The van der Waals surface area contributed by atoms with E-state index in [1.54, 1.807) is 4.90 Å². The molecule has 0 spiro atoms. The molecule has 3 nitrogen and oxygen atoms in total. The first-order valence-corrected chi connectivity index (χ1v) is 3.97. The maximum atomic E-state index is 11.0. The lowest BCUT2D eigenvalue weighted by molar-refractivity contribution is -0.128. The predicted molar refractivity (Wildman–Crippen MR) is 41.0 cm³/mol. The zero-order chi connectivity index (χ0) is 8.27. The molecule has 1 amide bonds.